The Balaban J connectivity index is 1.51. The lowest BCUT2D eigenvalue weighted by Gasteiger charge is -2.28. The number of nitrogens with one attached hydrogen (secondary N) is 1. The van der Waals surface area contributed by atoms with Gasteiger partial charge >= 0.3 is 0 Å². The first-order valence-electron chi connectivity index (χ1n) is 10.4. The lowest BCUT2D eigenvalue weighted by Crippen LogP contribution is -2.41. The first-order chi connectivity index (χ1) is 15.0. The van der Waals surface area contributed by atoms with Crippen molar-refractivity contribution in [2.24, 2.45) is 0 Å². The summed E-state index contributed by atoms with van der Waals surface area (Å²) in [6.07, 6.45) is 3.83. The smallest absolute Gasteiger partial charge is 0.274 e. The highest BCUT2D eigenvalue weighted by molar-refractivity contribution is 5.94. The third-order valence-corrected chi connectivity index (χ3v) is 5.79. The molecule has 0 bridgehead atoms. The zero-order valence-electron chi connectivity index (χ0n) is 17.2. The number of benzene rings is 1. The monoisotopic (exact) mass is 434 g/mol. The number of allylic oxidation sites excluding steroid dienone is 1. The maximum Gasteiger partial charge on any atom is 0.274 e. The van der Waals surface area contributed by atoms with Gasteiger partial charge in [0.25, 0.3) is 5.91 Å². The second-order valence-corrected chi connectivity index (χ2v) is 7.84. The van der Waals surface area contributed by atoms with Gasteiger partial charge < -0.3 is 15.0 Å². The molecule has 1 saturated heterocycles. The minimum absolute atomic E-state index is 0.00120. The van der Waals surface area contributed by atoms with Crippen molar-refractivity contribution in [3.8, 4) is 0 Å². The van der Waals surface area contributed by atoms with Crippen molar-refractivity contribution in [1.29, 1.82) is 0 Å². The van der Waals surface area contributed by atoms with E-state index in [0.717, 1.165) is 36.2 Å². The van der Waals surface area contributed by atoms with E-state index in [1.54, 1.807) is 11.0 Å². The Bertz CT molecular complexity index is 962. The summed E-state index contributed by atoms with van der Waals surface area (Å²) in [6.45, 7) is 6.58. The number of nitrogens with zero attached hydrogens (tertiary/aromatic N) is 3. The standard InChI is InChI=1S/C22H25F3N4O2/c1-2-5-29-19-4-3-15(26-13-14-10-17(23)20(25)18(24)11-14)12-16(19)21(27-29)22(30)28-6-8-31-9-7-28/h2,10-11,15,26H,1,3-9,12-13H2/t15-/m0/s1. The van der Waals surface area contributed by atoms with Gasteiger partial charge in [0.05, 0.1) is 19.8 Å². The summed E-state index contributed by atoms with van der Waals surface area (Å²) in [5.41, 5.74) is 2.70. The average Bonchev–Trinajstić information content (AvgIpc) is 3.14. The van der Waals surface area contributed by atoms with Gasteiger partial charge in [-0.1, -0.05) is 6.08 Å². The van der Waals surface area contributed by atoms with Crippen molar-refractivity contribution in [1.82, 2.24) is 20.0 Å². The molecule has 0 saturated carbocycles. The normalized spacial score (nSPS) is 18.7. The van der Waals surface area contributed by atoms with Crippen LogP contribution in [0.25, 0.3) is 0 Å². The van der Waals surface area contributed by atoms with Crippen LogP contribution in [0.15, 0.2) is 24.8 Å². The topological polar surface area (TPSA) is 59.4 Å². The van der Waals surface area contributed by atoms with Crippen LogP contribution in [-0.4, -0.2) is 52.9 Å². The zero-order chi connectivity index (χ0) is 22.0. The van der Waals surface area contributed by atoms with Gasteiger partial charge in [-0.05, 0) is 37.0 Å². The lowest BCUT2D eigenvalue weighted by molar-refractivity contribution is 0.0297. The lowest BCUT2D eigenvalue weighted by atomic mass is 9.90. The second kappa shape index (κ2) is 9.23. The molecule has 4 rings (SSSR count). The molecule has 0 spiro atoms. The molecule has 2 aliphatic rings. The van der Waals surface area contributed by atoms with Gasteiger partial charge in [0.2, 0.25) is 0 Å². The quantitative estimate of drug-likeness (QED) is 0.561. The Kier molecular flexibility index (Phi) is 6.43. The minimum atomic E-state index is -1.47. The van der Waals surface area contributed by atoms with Gasteiger partial charge in [-0.15, -0.1) is 6.58 Å². The van der Waals surface area contributed by atoms with Gasteiger partial charge in [-0.25, -0.2) is 13.2 Å². The van der Waals surface area contributed by atoms with Crippen LogP contribution in [0.5, 0.6) is 0 Å². The molecular formula is C22H25F3N4O2. The van der Waals surface area contributed by atoms with Crippen molar-refractivity contribution in [2.75, 3.05) is 26.3 Å². The molecule has 1 N–H and O–H groups in total. The first kappa shape index (κ1) is 21.6. The summed E-state index contributed by atoms with van der Waals surface area (Å²) in [5, 5.41) is 7.87. The highest BCUT2D eigenvalue weighted by atomic mass is 19.2. The molecule has 31 heavy (non-hydrogen) atoms. The molecule has 166 valence electrons. The minimum Gasteiger partial charge on any atom is -0.378 e. The van der Waals surface area contributed by atoms with Crippen molar-refractivity contribution >= 4 is 5.91 Å². The molecule has 6 nitrogen and oxygen atoms in total. The Morgan fingerprint density at radius 1 is 1.26 bits per heavy atom. The van der Waals surface area contributed by atoms with Crippen molar-refractivity contribution < 1.29 is 22.7 Å². The van der Waals surface area contributed by atoms with Crippen LogP contribution >= 0.6 is 0 Å². The molecular weight excluding hydrogens is 409 g/mol. The van der Waals surface area contributed by atoms with Crippen molar-refractivity contribution in [3.05, 3.63) is 64.8 Å². The van der Waals surface area contributed by atoms with E-state index >= 15 is 0 Å². The Labute approximate surface area is 178 Å². The summed E-state index contributed by atoms with van der Waals surface area (Å²) in [4.78, 5) is 14.9. The highest BCUT2D eigenvalue weighted by Gasteiger charge is 2.31. The maximum absolute atomic E-state index is 13.5. The van der Waals surface area contributed by atoms with Crippen LogP contribution in [0.1, 0.15) is 33.7 Å². The van der Waals surface area contributed by atoms with E-state index in [0.29, 0.717) is 50.5 Å². The van der Waals surface area contributed by atoms with Gasteiger partial charge in [0.1, 0.15) is 0 Å². The molecule has 0 radical (unpaired) electrons. The van der Waals surface area contributed by atoms with Crippen LogP contribution in [0.3, 0.4) is 0 Å². The number of morpholine rings is 1. The first-order valence-corrected chi connectivity index (χ1v) is 10.4. The van der Waals surface area contributed by atoms with E-state index in [2.05, 4.69) is 17.0 Å². The van der Waals surface area contributed by atoms with Crippen LogP contribution in [-0.2, 0) is 30.7 Å². The molecule has 1 aromatic carbocycles. The summed E-state index contributed by atoms with van der Waals surface area (Å²) < 4.78 is 47.3. The van der Waals surface area contributed by atoms with E-state index in [1.165, 1.54) is 0 Å². The number of hydrogen-bond donors (Lipinski definition) is 1. The number of carbonyl (C=O) groups excluding carboxylic acids is 1. The predicted octanol–water partition coefficient (Wildman–Crippen LogP) is 2.61. The molecule has 1 aromatic heterocycles. The summed E-state index contributed by atoms with van der Waals surface area (Å²) in [5.74, 6) is -3.98. The van der Waals surface area contributed by atoms with E-state index in [9.17, 15) is 18.0 Å². The molecule has 2 heterocycles. The molecule has 0 unspecified atom stereocenters. The summed E-state index contributed by atoms with van der Waals surface area (Å²) in [6, 6.07) is 1.99. The Morgan fingerprint density at radius 2 is 1.97 bits per heavy atom. The molecule has 1 aliphatic heterocycles. The molecule has 1 atom stereocenters. The number of halogens is 3. The van der Waals surface area contributed by atoms with Crippen LogP contribution < -0.4 is 5.32 Å². The molecule has 9 heteroatoms. The number of fused-ring (bicyclic) bond motifs is 1. The van der Waals surface area contributed by atoms with Crippen LogP contribution in [0.4, 0.5) is 13.2 Å². The van der Waals surface area contributed by atoms with Crippen molar-refractivity contribution in [2.45, 2.75) is 38.4 Å². The molecule has 1 fully saturated rings. The number of carbonyl (C=O) groups is 1. The van der Waals surface area contributed by atoms with Gasteiger partial charge in [0.15, 0.2) is 23.1 Å². The Morgan fingerprint density at radius 3 is 2.65 bits per heavy atom. The third-order valence-electron chi connectivity index (χ3n) is 5.79. The van der Waals surface area contributed by atoms with Gasteiger partial charge in [0, 0.05) is 36.9 Å². The third kappa shape index (κ3) is 4.52. The second-order valence-electron chi connectivity index (χ2n) is 7.84. The van der Waals surface area contributed by atoms with E-state index in [4.69, 9.17) is 4.74 Å². The highest BCUT2D eigenvalue weighted by Crippen LogP contribution is 2.27. The van der Waals surface area contributed by atoms with Crippen molar-refractivity contribution in [3.63, 3.8) is 0 Å². The number of amides is 1. The number of aromatic nitrogens is 2. The number of hydrogen-bond acceptors (Lipinski definition) is 4. The fraction of sp³-hybridized carbons (Fsp3) is 0.455. The predicted molar refractivity (Wildman–Crippen MR) is 108 cm³/mol. The zero-order valence-corrected chi connectivity index (χ0v) is 17.2. The number of ether oxygens (including phenoxy) is 1. The van der Waals surface area contributed by atoms with E-state index < -0.39 is 17.5 Å². The largest absolute Gasteiger partial charge is 0.378 e. The SMILES string of the molecule is C=CCn1nc(C(=O)N2CCOCC2)c2c1CC[C@H](NCc1cc(F)c(F)c(F)c1)C2. The molecule has 1 aliphatic carbocycles. The summed E-state index contributed by atoms with van der Waals surface area (Å²) in [7, 11) is 0. The van der Waals surface area contributed by atoms with Gasteiger partial charge in [-0.2, -0.15) is 5.10 Å². The van der Waals surface area contributed by atoms with Gasteiger partial charge in [-0.3, -0.25) is 9.48 Å². The molecule has 2 aromatic rings. The van der Waals surface area contributed by atoms with E-state index in [-0.39, 0.29) is 18.5 Å². The fourth-order valence-electron chi connectivity index (χ4n) is 4.20. The maximum atomic E-state index is 13.5. The summed E-state index contributed by atoms with van der Waals surface area (Å²) >= 11 is 0. The fourth-order valence-corrected chi connectivity index (χ4v) is 4.20. The molecule has 1 amide bonds. The number of rotatable bonds is 6. The van der Waals surface area contributed by atoms with Crippen LogP contribution in [0, 0.1) is 17.5 Å². The van der Waals surface area contributed by atoms with E-state index in [1.807, 2.05) is 4.68 Å². The average molecular weight is 434 g/mol. The Hall–Kier alpha value is -2.65. The van der Waals surface area contributed by atoms with Crippen LogP contribution in [0.2, 0.25) is 0 Å².